The van der Waals surface area contributed by atoms with Gasteiger partial charge >= 0.3 is 5.97 Å². The predicted octanol–water partition coefficient (Wildman–Crippen LogP) is 4.22. The number of non-ortho nitro benzene ring substituents is 1. The molecule has 1 heterocycles. The molecule has 1 atom stereocenters. The number of rotatable bonds is 6. The third kappa shape index (κ3) is 3.67. The third-order valence-electron chi connectivity index (χ3n) is 4.14. The van der Waals surface area contributed by atoms with Gasteiger partial charge in [-0.1, -0.05) is 23.7 Å². The smallest absolute Gasteiger partial charge is 0.305 e. The number of carboxylic acids is 1. The summed E-state index contributed by atoms with van der Waals surface area (Å²) < 4.78 is 1.89. The summed E-state index contributed by atoms with van der Waals surface area (Å²) in [6.07, 6.45) is 0.385. The minimum absolute atomic E-state index is 0.0216. The lowest BCUT2D eigenvalue weighted by molar-refractivity contribution is -0.384. The first kappa shape index (κ1) is 17.9. The van der Waals surface area contributed by atoms with Crippen LogP contribution < -0.4 is 0 Å². The van der Waals surface area contributed by atoms with Crippen molar-refractivity contribution < 1.29 is 14.8 Å². The monoisotopic (exact) mass is 373 g/mol. The average molecular weight is 374 g/mol. The van der Waals surface area contributed by atoms with Gasteiger partial charge in [0.15, 0.2) is 0 Å². The highest BCUT2D eigenvalue weighted by Gasteiger charge is 2.19. The molecule has 3 rings (SSSR count). The number of hydrogen-bond acceptors (Lipinski definition) is 4. The van der Waals surface area contributed by atoms with Crippen LogP contribution in [0.15, 0.2) is 42.5 Å². The fourth-order valence-corrected chi connectivity index (χ4v) is 3.17. The minimum Gasteiger partial charge on any atom is -0.481 e. The lowest BCUT2D eigenvalue weighted by atomic mass is 10.1. The molecule has 1 unspecified atom stereocenters. The van der Waals surface area contributed by atoms with Crippen molar-refractivity contribution in [1.82, 2.24) is 9.55 Å². The van der Waals surface area contributed by atoms with Gasteiger partial charge in [0, 0.05) is 29.6 Å². The van der Waals surface area contributed by atoms with Gasteiger partial charge in [-0.15, -0.1) is 0 Å². The van der Waals surface area contributed by atoms with Gasteiger partial charge in [0.1, 0.15) is 5.82 Å². The van der Waals surface area contributed by atoms with Gasteiger partial charge < -0.3 is 9.67 Å². The highest BCUT2D eigenvalue weighted by atomic mass is 35.5. The van der Waals surface area contributed by atoms with Crippen molar-refractivity contribution in [2.75, 3.05) is 0 Å². The second-order valence-electron chi connectivity index (χ2n) is 6.08. The first-order chi connectivity index (χ1) is 12.3. The first-order valence-electron chi connectivity index (χ1n) is 7.96. The van der Waals surface area contributed by atoms with Crippen LogP contribution in [-0.4, -0.2) is 25.6 Å². The van der Waals surface area contributed by atoms with Crippen LogP contribution in [-0.2, 0) is 11.2 Å². The molecule has 8 heteroatoms. The summed E-state index contributed by atoms with van der Waals surface area (Å²) in [5.41, 5.74) is 2.36. The quantitative estimate of drug-likeness (QED) is 0.515. The molecular weight excluding hydrogens is 358 g/mol. The standard InChI is InChI=1S/C18H16ClN3O4/c1-11(8-18(23)24)21-16-7-4-13(19)10-15(16)20-17(21)9-12-2-5-14(6-3-12)22(25)26/h2-7,10-11H,8-9H2,1H3,(H,23,24). The maximum atomic E-state index is 11.1. The third-order valence-corrected chi connectivity index (χ3v) is 4.38. The van der Waals surface area contributed by atoms with Crippen molar-refractivity contribution in [3.8, 4) is 0 Å². The molecule has 0 amide bonds. The largest absolute Gasteiger partial charge is 0.481 e. The second kappa shape index (κ2) is 7.13. The van der Waals surface area contributed by atoms with E-state index in [4.69, 9.17) is 16.7 Å². The molecular formula is C18H16ClN3O4. The van der Waals surface area contributed by atoms with Crippen molar-refractivity contribution in [3.63, 3.8) is 0 Å². The lowest BCUT2D eigenvalue weighted by Crippen LogP contribution is -2.13. The van der Waals surface area contributed by atoms with Crippen molar-refractivity contribution in [1.29, 1.82) is 0 Å². The van der Waals surface area contributed by atoms with Crippen LogP contribution in [0.5, 0.6) is 0 Å². The van der Waals surface area contributed by atoms with Crippen molar-refractivity contribution in [2.45, 2.75) is 25.8 Å². The molecule has 0 saturated heterocycles. The van der Waals surface area contributed by atoms with Crippen LogP contribution in [0, 0.1) is 10.1 Å². The van der Waals surface area contributed by atoms with Gasteiger partial charge in [-0.25, -0.2) is 4.98 Å². The Morgan fingerprint density at radius 3 is 2.62 bits per heavy atom. The van der Waals surface area contributed by atoms with E-state index in [-0.39, 0.29) is 18.2 Å². The number of halogens is 1. The van der Waals surface area contributed by atoms with Crippen molar-refractivity contribution in [3.05, 3.63) is 69.0 Å². The number of imidazole rings is 1. The molecule has 2 aromatic carbocycles. The molecule has 0 fully saturated rings. The highest BCUT2D eigenvalue weighted by molar-refractivity contribution is 6.31. The molecule has 1 aromatic heterocycles. The zero-order chi connectivity index (χ0) is 18.8. The van der Waals surface area contributed by atoms with Crippen molar-refractivity contribution in [2.24, 2.45) is 0 Å². The van der Waals surface area contributed by atoms with Crippen LogP contribution >= 0.6 is 11.6 Å². The number of carbonyl (C=O) groups is 1. The van der Waals surface area contributed by atoms with Crippen LogP contribution in [0.3, 0.4) is 0 Å². The maximum absolute atomic E-state index is 11.1. The van der Waals surface area contributed by atoms with Crippen LogP contribution in [0.25, 0.3) is 11.0 Å². The van der Waals surface area contributed by atoms with Gasteiger partial charge in [0.05, 0.1) is 22.4 Å². The number of nitrogens with zero attached hydrogens (tertiary/aromatic N) is 3. The number of benzene rings is 2. The normalized spacial score (nSPS) is 12.2. The number of fused-ring (bicyclic) bond motifs is 1. The summed E-state index contributed by atoms with van der Waals surface area (Å²) >= 11 is 6.04. The summed E-state index contributed by atoms with van der Waals surface area (Å²) in [7, 11) is 0. The van der Waals surface area contributed by atoms with E-state index in [0.717, 1.165) is 11.1 Å². The molecule has 26 heavy (non-hydrogen) atoms. The second-order valence-corrected chi connectivity index (χ2v) is 6.51. The molecule has 0 aliphatic heterocycles. The van der Waals surface area contributed by atoms with Gasteiger partial charge in [-0.3, -0.25) is 14.9 Å². The van der Waals surface area contributed by atoms with E-state index in [2.05, 4.69) is 4.98 Å². The Kier molecular flexibility index (Phi) is 4.90. The maximum Gasteiger partial charge on any atom is 0.305 e. The topological polar surface area (TPSA) is 98.3 Å². The summed E-state index contributed by atoms with van der Waals surface area (Å²) in [6.45, 7) is 1.82. The van der Waals surface area contributed by atoms with Gasteiger partial charge in [0.2, 0.25) is 0 Å². The predicted molar refractivity (Wildman–Crippen MR) is 97.6 cm³/mol. The zero-order valence-electron chi connectivity index (χ0n) is 13.9. The van der Waals surface area contributed by atoms with E-state index in [1.54, 1.807) is 24.3 Å². The molecule has 0 aliphatic carbocycles. The first-order valence-corrected chi connectivity index (χ1v) is 8.34. The Hall–Kier alpha value is -2.93. The molecule has 0 saturated carbocycles. The Morgan fingerprint density at radius 1 is 1.31 bits per heavy atom. The highest BCUT2D eigenvalue weighted by Crippen LogP contribution is 2.27. The Labute approximate surface area is 154 Å². The van der Waals surface area contributed by atoms with Crippen LogP contribution in [0.4, 0.5) is 5.69 Å². The van der Waals surface area contributed by atoms with E-state index in [1.165, 1.54) is 12.1 Å². The van der Waals surface area contributed by atoms with E-state index in [0.29, 0.717) is 22.8 Å². The van der Waals surface area contributed by atoms with Gasteiger partial charge in [-0.05, 0) is 30.7 Å². The van der Waals surface area contributed by atoms with E-state index >= 15 is 0 Å². The van der Waals surface area contributed by atoms with Gasteiger partial charge in [0.25, 0.3) is 5.69 Å². The van der Waals surface area contributed by atoms with Crippen LogP contribution in [0.1, 0.15) is 30.8 Å². The SMILES string of the molecule is CC(CC(=O)O)n1c(Cc2ccc([N+](=O)[O-])cc2)nc2cc(Cl)ccc21. The Morgan fingerprint density at radius 2 is 2.00 bits per heavy atom. The fourth-order valence-electron chi connectivity index (χ4n) is 3.00. The molecule has 0 aliphatic rings. The average Bonchev–Trinajstić information content (AvgIpc) is 2.91. The molecule has 134 valence electrons. The number of hydrogen-bond donors (Lipinski definition) is 1. The number of carboxylic acid groups (broad SMARTS) is 1. The molecule has 0 radical (unpaired) electrons. The van der Waals surface area contributed by atoms with E-state index in [9.17, 15) is 14.9 Å². The van der Waals surface area contributed by atoms with E-state index < -0.39 is 10.9 Å². The van der Waals surface area contributed by atoms with Crippen molar-refractivity contribution >= 4 is 34.3 Å². The Bertz CT molecular complexity index is 982. The van der Waals surface area contributed by atoms with Crippen LogP contribution in [0.2, 0.25) is 5.02 Å². The number of nitro benzene ring substituents is 1. The lowest BCUT2D eigenvalue weighted by Gasteiger charge is -2.16. The minimum atomic E-state index is -0.894. The number of aliphatic carboxylic acids is 1. The summed E-state index contributed by atoms with van der Waals surface area (Å²) in [5, 5.41) is 20.5. The zero-order valence-corrected chi connectivity index (χ0v) is 14.7. The molecule has 1 N–H and O–H groups in total. The van der Waals surface area contributed by atoms with E-state index in [1.807, 2.05) is 17.6 Å². The molecule has 7 nitrogen and oxygen atoms in total. The molecule has 0 bridgehead atoms. The Balaban J connectivity index is 2.03. The molecule has 0 spiro atoms. The summed E-state index contributed by atoms with van der Waals surface area (Å²) in [6, 6.07) is 11.2. The summed E-state index contributed by atoms with van der Waals surface area (Å²) in [5.74, 6) is -0.209. The number of aromatic nitrogens is 2. The van der Waals surface area contributed by atoms with Gasteiger partial charge in [-0.2, -0.15) is 0 Å². The molecule has 3 aromatic rings. The number of nitro groups is 1. The fraction of sp³-hybridized carbons (Fsp3) is 0.222. The summed E-state index contributed by atoms with van der Waals surface area (Å²) in [4.78, 5) is 26.1.